The Morgan fingerprint density at radius 3 is 2.85 bits per heavy atom. The van der Waals surface area contributed by atoms with Gasteiger partial charge in [-0.2, -0.15) is 0 Å². The molecule has 2 atom stereocenters. The zero-order valence-electron chi connectivity index (χ0n) is 11.5. The summed E-state index contributed by atoms with van der Waals surface area (Å²) in [7, 11) is 0. The highest BCUT2D eigenvalue weighted by Gasteiger charge is 2.26. The predicted octanol–water partition coefficient (Wildman–Crippen LogP) is 3.56. The van der Waals surface area contributed by atoms with Crippen LogP contribution >= 0.6 is 0 Å². The molecule has 1 aliphatic carbocycles. The van der Waals surface area contributed by atoms with Crippen LogP contribution in [0.4, 0.5) is 4.39 Å². The number of rotatable bonds is 4. The summed E-state index contributed by atoms with van der Waals surface area (Å²) in [6.07, 6.45) is 1.05. The summed E-state index contributed by atoms with van der Waals surface area (Å²) in [4.78, 5) is 0. The lowest BCUT2D eigenvalue weighted by atomic mass is 9.78. The van der Waals surface area contributed by atoms with Gasteiger partial charge >= 0.3 is 0 Å². The first-order valence-electron chi connectivity index (χ1n) is 6.91. The van der Waals surface area contributed by atoms with Gasteiger partial charge in [0.2, 0.25) is 0 Å². The van der Waals surface area contributed by atoms with Crippen LogP contribution in [0.25, 0.3) is 0 Å². The molecule has 0 amide bonds. The summed E-state index contributed by atoms with van der Waals surface area (Å²) in [5, 5.41) is 0. The number of hydrogen-bond donors (Lipinski definition) is 1. The van der Waals surface area contributed by atoms with Crippen molar-refractivity contribution < 1.29 is 9.13 Å². The van der Waals surface area contributed by atoms with Crippen LogP contribution < -0.4 is 10.5 Å². The molecule has 0 heterocycles. The third kappa shape index (κ3) is 2.41. The van der Waals surface area contributed by atoms with Crippen molar-refractivity contribution in [2.75, 3.05) is 6.61 Å². The van der Waals surface area contributed by atoms with E-state index in [0.717, 1.165) is 12.0 Å². The molecule has 2 nitrogen and oxygen atoms in total. The molecular weight excluding hydrogens is 253 g/mol. The van der Waals surface area contributed by atoms with Gasteiger partial charge in [-0.25, -0.2) is 4.39 Å². The monoisotopic (exact) mass is 271 g/mol. The fraction of sp³-hybridized carbons (Fsp3) is 0.294. The van der Waals surface area contributed by atoms with Gasteiger partial charge in [-0.05, 0) is 42.7 Å². The first-order chi connectivity index (χ1) is 9.65. The summed E-state index contributed by atoms with van der Waals surface area (Å²) in [5.41, 5.74) is 9.34. The fourth-order valence-electron chi connectivity index (χ4n) is 2.71. The second kappa shape index (κ2) is 5.25. The van der Waals surface area contributed by atoms with Crippen molar-refractivity contribution in [3.8, 4) is 5.75 Å². The number of ether oxygens (including phenoxy) is 1. The van der Waals surface area contributed by atoms with Gasteiger partial charge in [-0.3, -0.25) is 0 Å². The Morgan fingerprint density at radius 1 is 1.30 bits per heavy atom. The van der Waals surface area contributed by atoms with Crippen LogP contribution in [0, 0.1) is 5.82 Å². The topological polar surface area (TPSA) is 35.2 Å². The van der Waals surface area contributed by atoms with Crippen LogP contribution in [-0.4, -0.2) is 6.61 Å². The highest BCUT2D eigenvalue weighted by Crippen LogP contribution is 2.35. The van der Waals surface area contributed by atoms with Crippen molar-refractivity contribution in [3.05, 3.63) is 65.0 Å². The van der Waals surface area contributed by atoms with Crippen molar-refractivity contribution in [1.29, 1.82) is 0 Å². The smallest absolute Gasteiger partial charge is 0.124 e. The summed E-state index contributed by atoms with van der Waals surface area (Å²) < 4.78 is 19.1. The number of benzene rings is 2. The second-order valence-electron chi connectivity index (χ2n) is 5.38. The molecule has 3 heteroatoms. The molecule has 0 aromatic heterocycles. The van der Waals surface area contributed by atoms with Crippen molar-refractivity contribution in [2.45, 2.75) is 25.3 Å². The summed E-state index contributed by atoms with van der Waals surface area (Å²) in [6, 6.07) is 12.7. The lowest BCUT2D eigenvalue weighted by Gasteiger charge is -2.30. The van der Waals surface area contributed by atoms with Gasteiger partial charge in [0.15, 0.2) is 0 Å². The van der Waals surface area contributed by atoms with E-state index in [0.29, 0.717) is 18.3 Å². The first kappa shape index (κ1) is 13.1. The molecule has 0 spiro atoms. The van der Waals surface area contributed by atoms with Gasteiger partial charge in [-0.1, -0.05) is 24.3 Å². The van der Waals surface area contributed by atoms with E-state index in [2.05, 4.69) is 24.3 Å². The molecule has 1 aliphatic rings. The first-order valence-corrected chi connectivity index (χ1v) is 6.91. The second-order valence-corrected chi connectivity index (χ2v) is 5.38. The average Bonchev–Trinajstić information content (AvgIpc) is 2.41. The van der Waals surface area contributed by atoms with Crippen LogP contribution in [0.2, 0.25) is 0 Å². The molecule has 2 aromatic carbocycles. The lowest BCUT2D eigenvalue weighted by Crippen LogP contribution is -2.23. The molecule has 0 saturated carbocycles. The van der Waals surface area contributed by atoms with Crippen LogP contribution in [-0.2, 0) is 6.42 Å². The van der Waals surface area contributed by atoms with E-state index in [-0.39, 0.29) is 11.9 Å². The van der Waals surface area contributed by atoms with Crippen molar-refractivity contribution in [1.82, 2.24) is 0 Å². The Morgan fingerprint density at radius 2 is 2.10 bits per heavy atom. The third-order valence-corrected chi connectivity index (χ3v) is 3.86. The largest absolute Gasteiger partial charge is 0.493 e. The molecule has 0 aliphatic heterocycles. The summed E-state index contributed by atoms with van der Waals surface area (Å²) in [5.74, 6) is 0.835. The van der Waals surface area contributed by atoms with Gasteiger partial charge in [0.1, 0.15) is 11.6 Å². The molecule has 0 radical (unpaired) electrons. The zero-order valence-corrected chi connectivity index (χ0v) is 11.5. The standard InChI is InChI=1S/C17H18FNO/c1-11(19)16-9-14(18)6-7-17(16)20-10-13-8-12-4-2-3-5-15(12)13/h2-7,9,11,13H,8,10,19H2,1H3. The fourth-order valence-corrected chi connectivity index (χ4v) is 2.71. The summed E-state index contributed by atoms with van der Waals surface area (Å²) in [6.45, 7) is 2.45. The van der Waals surface area contributed by atoms with Crippen LogP contribution in [0.15, 0.2) is 42.5 Å². The maximum absolute atomic E-state index is 13.3. The van der Waals surface area contributed by atoms with Crippen molar-refractivity contribution >= 4 is 0 Å². The van der Waals surface area contributed by atoms with E-state index in [1.165, 1.54) is 23.3 Å². The molecule has 3 rings (SSSR count). The lowest BCUT2D eigenvalue weighted by molar-refractivity contribution is 0.271. The maximum atomic E-state index is 13.3. The molecule has 2 N–H and O–H groups in total. The van der Waals surface area contributed by atoms with Crippen LogP contribution in [0.5, 0.6) is 5.75 Å². The average molecular weight is 271 g/mol. The molecule has 2 aromatic rings. The molecular formula is C17H18FNO. The third-order valence-electron chi connectivity index (χ3n) is 3.86. The van der Waals surface area contributed by atoms with Crippen LogP contribution in [0.1, 0.15) is 35.6 Å². The minimum atomic E-state index is -0.279. The Bertz CT molecular complexity index is 624. The van der Waals surface area contributed by atoms with Crippen LogP contribution in [0.3, 0.4) is 0 Å². The maximum Gasteiger partial charge on any atom is 0.124 e. The Balaban J connectivity index is 1.71. The van der Waals surface area contributed by atoms with E-state index in [1.807, 2.05) is 6.92 Å². The Labute approximate surface area is 118 Å². The Hall–Kier alpha value is -1.87. The van der Waals surface area contributed by atoms with Gasteiger partial charge in [0.05, 0.1) is 6.61 Å². The van der Waals surface area contributed by atoms with Gasteiger partial charge in [0, 0.05) is 17.5 Å². The molecule has 20 heavy (non-hydrogen) atoms. The van der Waals surface area contributed by atoms with Gasteiger partial charge in [0.25, 0.3) is 0 Å². The van der Waals surface area contributed by atoms with E-state index in [1.54, 1.807) is 6.07 Å². The molecule has 0 fully saturated rings. The van der Waals surface area contributed by atoms with E-state index in [4.69, 9.17) is 10.5 Å². The van der Waals surface area contributed by atoms with Crippen molar-refractivity contribution in [3.63, 3.8) is 0 Å². The quantitative estimate of drug-likeness (QED) is 0.922. The highest BCUT2D eigenvalue weighted by atomic mass is 19.1. The van der Waals surface area contributed by atoms with E-state index in [9.17, 15) is 4.39 Å². The highest BCUT2D eigenvalue weighted by molar-refractivity contribution is 5.41. The number of nitrogens with two attached hydrogens (primary N) is 1. The van der Waals surface area contributed by atoms with Gasteiger partial charge in [-0.15, -0.1) is 0 Å². The number of halogens is 1. The summed E-state index contributed by atoms with van der Waals surface area (Å²) >= 11 is 0. The zero-order chi connectivity index (χ0) is 14.1. The van der Waals surface area contributed by atoms with E-state index < -0.39 is 0 Å². The molecule has 0 saturated heterocycles. The minimum Gasteiger partial charge on any atom is -0.493 e. The normalized spacial score (nSPS) is 18.1. The molecule has 0 bridgehead atoms. The van der Waals surface area contributed by atoms with Crippen molar-refractivity contribution in [2.24, 2.45) is 5.73 Å². The minimum absolute atomic E-state index is 0.241. The number of fused-ring (bicyclic) bond motifs is 1. The molecule has 104 valence electrons. The Kier molecular flexibility index (Phi) is 3.45. The van der Waals surface area contributed by atoms with E-state index >= 15 is 0 Å². The predicted molar refractivity (Wildman–Crippen MR) is 77.4 cm³/mol. The molecule has 2 unspecified atom stereocenters. The SMILES string of the molecule is CC(N)c1cc(F)ccc1OCC1Cc2ccccc21. The number of hydrogen-bond acceptors (Lipinski definition) is 2. The van der Waals surface area contributed by atoms with Gasteiger partial charge < -0.3 is 10.5 Å².